The lowest BCUT2D eigenvalue weighted by Gasteiger charge is -2.12. The quantitative estimate of drug-likeness (QED) is 0.785. The number of halogens is 3. The molecule has 24 heavy (non-hydrogen) atoms. The lowest BCUT2D eigenvalue weighted by molar-refractivity contribution is -0.141. The van der Waals surface area contributed by atoms with Gasteiger partial charge >= 0.3 is 6.18 Å². The molecule has 0 amide bonds. The van der Waals surface area contributed by atoms with E-state index < -0.39 is 11.9 Å². The number of nitrogens with zero attached hydrogens (tertiary/aromatic N) is 3. The highest BCUT2D eigenvalue weighted by Crippen LogP contribution is 2.63. The molecule has 0 N–H and O–H groups in total. The Kier molecular flexibility index (Phi) is 3.48. The first-order valence-electron chi connectivity index (χ1n) is 8.49. The second kappa shape index (κ2) is 5.33. The van der Waals surface area contributed by atoms with E-state index in [0.29, 0.717) is 17.2 Å². The van der Waals surface area contributed by atoms with Crippen molar-refractivity contribution < 1.29 is 13.2 Å². The van der Waals surface area contributed by atoms with E-state index in [-0.39, 0.29) is 6.04 Å². The molecular weight excluding hydrogens is 315 g/mol. The summed E-state index contributed by atoms with van der Waals surface area (Å²) in [6, 6.07) is 4.86. The van der Waals surface area contributed by atoms with Crippen LogP contribution >= 0.6 is 0 Å². The minimum atomic E-state index is -4.44. The van der Waals surface area contributed by atoms with Crippen LogP contribution in [0, 0.1) is 11.8 Å². The SMILES string of the molecule is CC(C)n1nc(-c2ccnc(C(F)(F)F)c2)cc1[C@H]1[C@@H]2CCC[C@@H]21. The molecule has 2 aliphatic rings. The van der Waals surface area contributed by atoms with Crippen molar-refractivity contribution in [1.82, 2.24) is 14.8 Å². The van der Waals surface area contributed by atoms with Crippen LogP contribution in [0.15, 0.2) is 24.4 Å². The highest BCUT2D eigenvalue weighted by molar-refractivity contribution is 5.60. The van der Waals surface area contributed by atoms with Crippen LogP contribution in [0.2, 0.25) is 0 Å². The first kappa shape index (κ1) is 15.7. The van der Waals surface area contributed by atoms with Gasteiger partial charge in [-0.05, 0) is 56.7 Å². The topological polar surface area (TPSA) is 30.7 Å². The van der Waals surface area contributed by atoms with E-state index in [1.54, 1.807) is 6.07 Å². The van der Waals surface area contributed by atoms with E-state index in [2.05, 4.69) is 23.9 Å². The number of fused-ring (bicyclic) bond motifs is 1. The number of aromatic nitrogens is 3. The Morgan fingerprint density at radius 1 is 1.17 bits per heavy atom. The van der Waals surface area contributed by atoms with Crippen molar-refractivity contribution in [2.75, 3.05) is 0 Å². The molecule has 0 saturated heterocycles. The average Bonchev–Trinajstić information content (AvgIpc) is 2.94. The van der Waals surface area contributed by atoms with Gasteiger partial charge in [-0.3, -0.25) is 9.67 Å². The van der Waals surface area contributed by atoms with Gasteiger partial charge in [0.25, 0.3) is 0 Å². The zero-order valence-electron chi connectivity index (χ0n) is 13.7. The largest absolute Gasteiger partial charge is 0.433 e. The van der Waals surface area contributed by atoms with E-state index in [9.17, 15) is 13.2 Å². The van der Waals surface area contributed by atoms with Gasteiger partial charge in [0.15, 0.2) is 0 Å². The summed E-state index contributed by atoms with van der Waals surface area (Å²) in [5, 5.41) is 4.61. The third-order valence-corrected chi connectivity index (χ3v) is 5.35. The molecule has 0 spiro atoms. The van der Waals surface area contributed by atoms with Crippen molar-refractivity contribution >= 4 is 0 Å². The molecule has 128 valence electrons. The van der Waals surface area contributed by atoms with Crippen LogP contribution in [0.25, 0.3) is 11.3 Å². The standard InChI is InChI=1S/C18H20F3N3/c1-10(2)24-15(17-12-4-3-5-13(12)17)9-14(23-24)11-6-7-22-16(8-11)18(19,20)21/h6-10,12-13,17H,3-5H2,1-2H3/t12-,13+,17+. The Morgan fingerprint density at radius 2 is 1.88 bits per heavy atom. The molecule has 2 aromatic rings. The Bertz CT molecular complexity index is 753. The minimum absolute atomic E-state index is 0.194. The van der Waals surface area contributed by atoms with Crippen LogP contribution < -0.4 is 0 Å². The predicted octanol–water partition coefficient (Wildman–Crippen LogP) is 5.06. The molecule has 3 nitrogen and oxygen atoms in total. The first-order chi connectivity index (χ1) is 11.4. The van der Waals surface area contributed by atoms with Gasteiger partial charge in [0.05, 0.1) is 5.69 Å². The zero-order valence-corrected chi connectivity index (χ0v) is 13.7. The fourth-order valence-electron chi connectivity index (χ4n) is 4.22. The minimum Gasteiger partial charge on any atom is -0.266 e. The molecule has 6 heteroatoms. The Morgan fingerprint density at radius 3 is 2.50 bits per heavy atom. The first-order valence-corrected chi connectivity index (χ1v) is 8.49. The van der Waals surface area contributed by atoms with Gasteiger partial charge in [-0.1, -0.05) is 6.42 Å². The number of hydrogen-bond acceptors (Lipinski definition) is 2. The Hall–Kier alpha value is -1.85. The number of hydrogen-bond donors (Lipinski definition) is 0. The summed E-state index contributed by atoms with van der Waals surface area (Å²) in [5.41, 5.74) is 1.39. The highest BCUT2D eigenvalue weighted by Gasteiger charge is 2.54. The smallest absolute Gasteiger partial charge is 0.266 e. The van der Waals surface area contributed by atoms with Gasteiger partial charge in [0, 0.05) is 29.4 Å². The molecule has 3 atom stereocenters. The van der Waals surface area contributed by atoms with Gasteiger partial charge in [-0.25, -0.2) is 0 Å². The van der Waals surface area contributed by atoms with E-state index in [1.165, 1.54) is 31.2 Å². The predicted molar refractivity (Wildman–Crippen MR) is 84.4 cm³/mol. The molecule has 2 aliphatic carbocycles. The third-order valence-electron chi connectivity index (χ3n) is 5.35. The van der Waals surface area contributed by atoms with Crippen molar-refractivity contribution in [1.29, 1.82) is 0 Å². The average molecular weight is 335 g/mol. The van der Waals surface area contributed by atoms with Crippen LogP contribution in [-0.4, -0.2) is 14.8 Å². The molecule has 2 heterocycles. The van der Waals surface area contributed by atoms with Crippen molar-refractivity contribution in [3.63, 3.8) is 0 Å². The van der Waals surface area contributed by atoms with Crippen molar-refractivity contribution in [2.24, 2.45) is 11.8 Å². The molecule has 2 fully saturated rings. The summed E-state index contributed by atoms with van der Waals surface area (Å²) in [4.78, 5) is 3.43. The maximum absolute atomic E-state index is 12.9. The van der Waals surface area contributed by atoms with E-state index in [0.717, 1.165) is 17.9 Å². The second-order valence-corrected chi connectivity index (χ2v) is 7.20. The molecule has 0 aliphatic heterocycles. The molecule has 2 saturated carbocycles. The molecule has 0 unspecified atom stereocenters. The third kappa shape index (κ3) is 2.52. The summed E-state index contributed by atoms with van der Waals surface area (Å²) in [7, 11) is 0. The maximum atomic E-state index is 12.9. The van der Waals surface area contributed by atoms with Crippen LogP contribution in [-0.2, 0) is 6.18 Å². The summed E-state index contributed by atoms with van der Waals surface area (Å²) < 4.78 is 40.7. The zero-order chi connectivity index (χ0) is 17.1. The van der Waals surface area contributed by atoms with Crippen LogP contribution in [0.3, 0.4) is 0 Å². The summed E-state index contributed by atoms with van der Waals surface area (Å²) in [6.07, 6.45) is 0.599. The van der Waals surface area contributed by atoms with Gasteiger partial charge in [-0.2, -0.15) is 18.3 Å². The number of alkyl halides is 3. The van der Waals surface area contributed by atoms with Crippen molar-refractivity contribution in [3.8, 4) is 11.3 Å². The normalized spacial score (nSPS) is 26.0. The lowest BCUT2D eigenvalue weighted by atomic mass is 10.1. The van der Waals surface area contributed by atoms with Crippen LogP contribution in [0.1, 0.15) is 56.5 Å². The van der Waals surface area contributed by atoms with Crippen molar-refractivity contribution in [2.45, 2.75) is 51.2 Å². The maximum Gasteiger partial charge on any atom is 0.433 e. The van der Waals surface area contributed by atoms with E-state index in [1.807, 2.05) is 10.7 Å². The lowest BCUT2D eigenvalue weighted by Crippen LogP contribution is -2.08. The summed E-state index contributed by atoms with van der Waals surface area (Å²) in [6.45, 7) is 4.12. The Balaban J connectivity index is 1.72. The monoisotopic (exact) mass is 335 g/mol. The molecule has 2 aromatic heterocycles. The van der Waals surface area contributed by atoms with Crippen LogP contribution in [0.5, 0.6) is 0 Å². The molecule has 0 bridgehead atoms. The van der Waals surface area contributed by atoms with Gasteiger partial charge in [-0.15, -0.1) is 0 Å². The van der Waals surface area contributed by atoms with Gasteiger partial charge < -0.3 is 0 Å². The summed E-state index contributed by atoms with van der Waals surface area (Å²) in [5.74, 6) is 2.02. The molecule has 0 aromatic carbocycles. The van der Waals surface area contributed by atoms with E-state index in [4.69, 9.17) is 0 Å². The van der Waals surface area contributed by atoms with Gasteiger partial charge in [0.1, 0.15) is 5.69 Å². The Labute approximate surface area is 138 Å². The molecular formula is C18H20F3N3. The number of pyridine rings is 1. The summed E-state index contributed by atoms with van der Waals surface area (Å²) >= 11 is 0. The van der Waals surface area contributed by atoms with Gasteiger partial charge in [0.2, 0.25) is 0 Å². The molecule has 0 radical (unpaired) electrons. The fraction of sp³-hybridized carbons (Fsp3) is 0.556. The van der Waals surface area contributed by atoms with Crippen LogP contribution in [0.4, 0.5) is 13.2 Å². The van der Waals surface area contributed by atoms with E-state index >= 15 is 0 Å². The van der Waals surface area contributed by atoms with Crippen molar-refractivity contribution in [3.05, 3.63) is 35.8 Å². The highest BCUT2D eigenvalue weighted by atomic mass is 19.4. The fourth-order valence-corrected chi connectivity index (χ4v) is 4.22. The number of rotatable bonds is 3. The molecule has 4 rings (SSSR count). The second-order valence-electron chi connectivity index (χ2n) is 7.20.